The van der Waals surface area contributed by atoms with E-state index >= 15 is 0 Å². The van der Waals surface area contributed by atoms with Crippen LogP contribution < -0.4 is 10.0 Å². The van der Waals surface area contributed by atoms with Crippen LogP contribution in [-0.2, 0) is 22.9 Å². The maximum Gasteiger partial charge on any atom is 0.262 e. The van der Waals surface area contributed by atoms with Crippen molar-refractivity contribution in [1.29, 1.82) is 0 Å². The summed E-state index contributed by atoms with van der Waals surface area (Å²) in [7, 11) is -3.85. The SMILES string of the molecule is O=C1Nc2ccc(S(=O)(=O)Nc3ccc4c5c(cccc35)CC4)c3cccc1c23. The third-order valence-electron chi connectivity index (χ3n) is 5.90. The van der Waals surface area contributed by atoms with Crippen molar-refractivity contribution in [1.82, 2.24) is 0 Å². The molecule has 6 rings (SSSR count). The number of benzene rings is 4. The maximum atomic E-state index is 13.4. The van der Waals surface area contributed by atoms with Gasteiger partial charge in [-0.3, -0.25) is 9.52 Å². The summed E-state index contributed by atoms with van der Waals surface area (Å²) in [6, 6.07) is 18.2. The molecule has 1 aliphatic carbocycles. The third kappa shape index (κ3) is 2.26. The van der Waals surface area contributed by atoms with E-state index in [1.807, 2.05) is 24.3 Å². The van der Waals surface area contributed by atoms with E-state index in [2.05, 4.69) is 16.1 Å². The van der Waals surface area contributed by atoms with E-state index < -0.39 is 10.0 Å². The first-order valence-electron chi connectivity index (χ1n) is 9.46. The normalized spacial score (nSPS) is 14.6. The minimum Gasteiger partial charge on any atom is -0.321 e. The summed E-state index contributed by atoms with van der Waals surface area (Å²) in [5, 5.41) is 6.06. The minimum atomic E-state index is -3.85. The van der Waals surface area contributed by atoms with Gasteiger partial charge in [0.1, 0.15) is 0 Å². The number of sulfonamides is 1. The lowest BCUT2D eigenvalue weighted by molar-refractivity contribution is 0.103. The van der Waals surface area contributed by atoms with Crippen LogP contribution in [0.3, 0.4) is 0 Å². The molecule has 6 heteroatoms. The average Bonchev–Trinajstić information content (AvgIpc) is 3.28. The van der Waals surface area contributed by atoms with Crippen LogP contribution in [0.4, 0.5) is 11.4 Å². The molecule has 0 fully saturated rings. The molecule has 0 atom stereocenters. The number of amides is 1. The zero-order valence-corrected chi connectivity index (χ0v) is 16.1. The van der Waals surface area contributed by atoms with E-state index in [1.165, 1.54) is 11.1 Å². The standard InChI is InChI=1S/C23H16N2O3S/c26-23-17-6-2-5-16-20(12-11-19(24-23)22(16)17)29(27,28)25-18-10-9-14-8-7-13-3-1-4-15(18)21(13)14/h1-6,9-12,25H,7-8H2,(H,24,26). The Balaban J connectivity index is 1.53. The number of hydrogen-bond acceptors (Lipinski definition) is 3. The molecule has 0 saturated carbocycles. The second-order valence-corrected chi connectivity index (χ2v) is 9.16. The van der Waals surface area contributed by atoms with E-state index in [0.29, 0.717) is 27.7 Å². The van der Waals surface area contributed by atoms with Gasteiger partial charge >= 0.3 is 0 Å². The minimum absolute atomic E-state index is 0.165. The lowest BCUT2D eigenvalue weighted by Gasteiger charge is -2.14. The second-order valence-electron chi connectivity index (χ2n) is 7.51. The number of anilines is 2. The van der Waals surface area contributed by atoms with Crippen LogP contribution in [-0.4, -0.2) is 14.3 Å². The molecule has 29 heavy (non-hydrogen) atoms. The van der Waals surface area contributed by atoms with E-state index in [-0.39, 0.29) is 10.8 Å². The first-order valence-corrected chi connectivity index (χ1v) is 10.9. The molecule has 1 heterocycles. The molecule has 0 spiro atoms. The summed E-state index contributed by atoms with van der Waals surface area (Å²) in [4.78, 5) is 12.3. The Hall–Kier alpha value is -3.38. The predicted octanol–water partition coefficient (Wildman–Crippen LogP) is 4.46. The fourth-order valence-corrected chi connectivity index (χ4v) is 5.92. The lowest BCUT2D eigenvalue weighted by Crippen LogP contribution is -2.14. The molecule has 1 aliphatic heterocycles. The van der Waals surface area contributed by atoms with Gasteiger partial charge in [-0.1, -0.05) is 36.4 Å². The van der Waals surface area contributed by atoms with Crippen molar-refractivity contribution in [2.45, 2.75) is 17.7 Å². The van der Waals surface area contributed by atoms with Crippen molar-refractivity contribution in [2.75, 3.05) is 10.0 Å². The summed E-state index contributed by atoms with van der Waals surface area (Å²) < 4.78 is 29.5. The zero-order chi connectivity index (χ0) is 19.8. The van der Waals surface area contributed by atoms with Gasteiger partial charge in [0, 0.05) is 27.4 Å². The highest BCUT2D eigenvalue weighted by Gasteiger charge is 2.27. The molecule has 2 N–H and O–H groups in total. The van der Waals surface area contributed by atoms with Crippen LogP contribution in [0.25, 0.3) is 21.5 Å². The smallest absolute Gasteiger partial charge is 0.262 e. The van der Waals surface area contributed by atoms with E-state index in [0.717, 1.165) is 23.6 Å². The van der Waals surface area contributed by atoms with Crippen molar-refractivity contribution in [3.8, 4) is 0 Å². The number of carbonyl (C=O) groups excluding carboxylic acids is 1. The van der Waals surface area contributed by atoms with Gasteiger partial charge in [-0.15, -0.1) is 0 Å². The van der Waals surface area contributed by atoms with Gasteiger partial charge in [-0.2, -0.15) is 0 Å². The Kier molecular flexibility index (Phi) is 3.19. The Labute approximate surface area is 167 Å². The molecule has 0 aromatic heterocycles. The molecular weight excluding hydrogens is 384 g/mol. The lowest BCUT2D eigenvalue weighted by atomic mass is 10.0. The van der Waals surface area contributed by atoms with Crippen LogP contribution in [0.2, 0.25) is 0 Å². The van der Waals surface area contributed by atoms with Crippen LogP contribution in [0.15, 0.2) is 65.6 Å². The van der Waals surface area contributed by atoms with Crippen molar-refractivity contribution in [3.05, 3.63) is 77.4 Å². The Morgan fingerprint density at radius 1 is 0.793 bits per heavy atom. The van der Waals surface area contributed by atoms with Gasteiger partial charge in [-0.25, -0.2) is 8.42 Å². The van der Waals surface area contributed by atoms with Gasteiger partial charge in [0.25, 0.3) is 15.9 Å². The first-order chi connectivity index (χ1) is 14.0. The second kappa shape index (κ2) is 5.58. The molecular formula is C23H16N2O3S. The highest BCUT2D eigenvalue weighted by molar-refractivity contribution is 7.93. The van der Waals surface area contributed by atoms with Crippen molar-refractivity contribution in [3.63, 3.8) is 0 Å². The monoisotopic (exact) mass is 400 g/mol. The molecule has 5 nitrogen and oxygen atoms in total. The van der Waals surface area contributed by atoms with Gasteiger partial charge in [0.05, 0.1) is 10.6 Å². The number of aryl methyl sites for hydroxylation is 2. The molecule has 0 saturated heterocycles. The molecule has 4 aromatic carbocycles. The van der Waals surface area contributed by atoms with Gasteiger partial charge in [0.15, 0.2) is 0 Å². The number of rotatable bonds is 3. The highest BCUT2D eigenvalue weighted by atomic mass is 32.2. The Morgan fingerprint density at radius 3 is 2.41 bits per heavy atom. The first kappa shape index (κ1) is 16.6. The van der Waals surface area contributed by atoms with Crippen molar-refractivity contribution >= 4 is 48.9 Å². The van der Waals surface area contributed by atoms with E-state index in [4.69, 9.17) is 0 Å². The number of carbonyl (C=O) groups is 1. The molecule has 0 bridgehead atoms. The maximum absolute atomic E-state index is 13.4. The third-order valence-corrected chi connectivity index (χ3v) is 7.33. The summed E-state index contributed by atoms with van der Waals surface area (Å²) in [5.41, 5.74) is 4.23. The fraction of sp³-hybridized carbons (Fsp3) is 0.0870. The topological polar surface area (TPSA) is 75.3 Å². The highest BCUT2D eigenvalue weighted by Crippen LogP contribution is 2.39. The molecule has 1 amide bonds. The number of nitrogens with one attached hydrogen (secondary N) is 2. The quantitative estimate of drug-likeness (QED) is 0.533. The van der Waals surface area contributed by atoms with Gasteiger partial charge in [-0.05, 0) is 53.6 Å². The van der Waals surface area contributed by atoms with Crippen LogP contribution >= 0.6 is 0 Å². The Morgan fingerprint density at radius 2 is 1.55 bits per heavy atom. The molecule has 4 aromatic rings. The molecule has 142 valence electrons. The van der Waals surface area contributed by atoms with Crippen LogP contribution in [0.1, 0.15) is 21.5 Å². The van der Waals surface area contributed by atoms with Gasteiger partial charge in [0.2, 0.25) is 0 Å². The summed E-state index contributed by atoms with van der Waals surface area (Å²) in [5.74, 6) is -0.208. The largest absolute Gasteiger partial charge is 0.321 e. The molecule has 0 radical (unpaired) electrons. The summed E-state index contributed by atoms with van der Waals surface area (Å²) >= 11 is 0. The van der Waals surface area contributed by atoms with Gasteiger partial charge < -0.3 is 5.32 Å². The van der Waals surface area contributed by atoms with Crippen LogP contribution in [0.5, 0.6) is 0 Å². The molecule has 0 unspecified atom stereocenters. The van der Waals surface area contributed by atoms with Crippen LogP contribution in [0, 0.1) is 0 Å². The van der Waals surface area contributed by atoms with Crippen molar-refractivity contribution < 1.29 is 13.2 Å². The molecule has 2 aliphatic rings. The van der Waals surface area contributed by atoms with E-state index in [9.17, 15) is 13.2 Å². The fourth-order valence-electron chi connectivity index (χ4n) is 4.63. The average molecular weight is 400 g/mol. The summed E-state index contributed by atoms with van der Waals surface area (Å²) in [6.45, 7) is 0. The summed E-state index contributed by atoms with van der Waals surface area (Å²) in [6.07, 6.45) is 1.97. The van der Waals surface area contributed by atoms with Crippen molar-refractivity contribution in [2.24, 2.45) is 0 Å². The number of hydrogen-bond donors (Lipinski definition) is 2. The predicted molar refractivity (Wildman–Crippen MR) is 114 cm³/mol. The van der Waals surface area contributed by atoms with E-state index in [1.54, 1.807) is 30.3 Å². The Bertz CT molecular complexity index is 1480. The zero-order valence-electron chi connectivity index (χ0n) is 15.3.